The summed E-state index contributed by atoms with van der Waals surface area (Å²) in [5.41, 5.74) is 8.47. The molecule has 2 heteroatoms. The van der Waals surface area contributed by atoms with Crippen LogP contribution in [0.15, 0.2) is 11.6 Å². The van der Waals surface area contributed by atoms with Crippen molar-refractivity contribution in [2.24, 2.45) is 46.2 Å². The fourth-order valence-corrected chi connectivity index (χ4v) is 8.45. The van der Waals surface area contributed by atoms with Crippen molar-refractivity contribution in [2.45, 2.75) is 110 Å². The van der Waals surface area contributed by atoms with E-state index in [0.717, 1.165) is 42.4 Å². The molecule has 0 aliphatic heterocycles. The van der Waals surface area contributed by atoms with Gasteiger partial charge >= 0.3 is 0 Å². The summed E-state index contributed by atoms with van der Waals surface area (Å²) in [6.07, 6.45) is 15.4. The van der Waals surface area contributed by atoms with Gasteiger partial charge in [0.15, 0.2) is 0 Å². The molecule has 0 aromatic carbocycles. The summed E-state index contributed by atoms with van der Waals surface area (Å²) in [7, 11) is 0. The van der Waals surface area contributed by atoms with E-state index in [4.69, 9.17) is 5.73 Å². The lowest BCUT2D eigenvalue weighted by molar-refractivity contribution is -0.0523. The Balaban J connectivity index is 1.52. The number of allylic oxidation sites excluding steroid dienone is 1. The van der Waals surface area contributed by atoms with Gasteiger partial charge in [-0.1, -0.05) is 32.4 Å². The first-order valence-electron chi connectivity index (χ1n) is 12.2. The lowest BCUT2D eigenvalue weighted by Crippen LogP contribution is -2.51. The largest absolute Gasteiger partial charge is 0.390 e. The first-order valence-corrected chi connectivity index (χ1v) is 12.2. The molecule has 4 aliphatic carbocycles. The molecule has 3 fully saturated rings. The fourth-order valence-electron chi connectivity index (χ4n) is 8.45. The molecule has 160 valence electrons. The molecule has 0 saturated heterocycles. The van der Waals surface area contributed by atoms with Crippen molar-refractivity contribution in [3.8, 4) is 0 Å². The Labute approximate surface area is 173 Å². The van der Waals surface area contributed by atoms with E-state index in [1.807, 2.05) is 13.8 Å². The van der Waals surface area contributed by atoms with E-state index in [-0.39, 0.29) is 0 Å². The Morgan fingerprint density at radius 2 is 1.89 bits per heavy atom. The predicted octanol–water partition coefficient (Wildman–Crippen LogP) is 6.08. The van der Waals surface area contributed by atoms with Crippen molar-refractivity contribution in [3.05, 3.63) is 11.6 Å². The van der Waals surface area contributed by atoms with Crippen LogP contribution in [0.1, 0.15) is 98.8 Å². The second kappa shape index (κ2) is 7.12. The highest BCUT2D eigenvalue weighted by Gasteiger charge is 2.59. The monoisotopic (exact) mass is 387 g/mol. The highest BCUT2D eigenvalue weighted by Crippen LogP contribution is 2.67. The van der Waals surface area contributed by atoms with E-state index in [1.54, 1.807) is 5.57 Å². The number of hydrogen-bond acceptors (Lipinski definition) is 2. The van der Waals surface area contributed by atoms with Gasteiger partial charge in [-0.05, 0) is 118 Å². The van der Waals surface area contributed by atoms with Gasteiger partial charge in [0.1, 0.15) is 0 Å². The maximum Gasteiger partial charge on any atom is 0.0591 e. The summed E-state index contributed by atoms with van der Waals surface area (Å²) in [4.78, 5) is 0. The molecule has 0 aromatic rings. The first kappa shape index (κ1) is 20.9. The van der Waals surface area contributed by atoms with Crippen LogP contribution in [0.4, 0.5) is 0 Å². The molecule has 8 atom stereocenters. The van der Waals surface area contributed by atoms with E-state index in [0.29, 0.717) is 16.9 Å². The molecule has 28 heavy (non-hydrogen) atoms. The van der Waals surface area contributed by atoms with Crippen molar-refractivity contribution in [1.82, 2.24) is 0 Å². The summed E-state index contributed by atoms with van der Waals surface area (Å²) in [6, 6.07) is 0.400. The van der Waals surface area contributed by atoms with Gasteiger partial charge in [-0.3, -0.25) is 0 Å². The maximum atomic E-state index is 10.2. The van der Waals surface area contributed by atoms with Crippen molar-refractivity contribution in [2.75, 3.05) is 0 Å². The fraction of sp³-hybridized carbons (Fsp3) is 0.923. The molecule has 4 rings (SSSR count). The normalized spacial score (nSPS) is 47.0. The van der Waals surface area contributed by atoms with E-state index >= 15 is 0 Å². The van der Waals surface area contributed by atoms with Gasteiger partial charge < -0.3 is 10.8 Å². The molecule has 0 bridgehead atoms. The van der Waals surface area contributed by atoms with Gasteiger partial charge in [0.2, 0.25) is 0 Å². The summed E-state index contributed by atoms with van der Waals surface area (Å²) >= 11 is 0. The highest BCUT2D eigenvalue weighted by molar-refractivity contribution is 5.25. The molecule has 0 aromatic heterocycles. The molecule has 3 N–H and O–H groups in total. The number of nitrogens with two attached hydrogens (primary N) is 1. The first-order chi connectivity index (χ1) is 13.0. The van der Waals surface area contributed by atoms with Crippen molar-refractivity contribution in [1.29, 1.82) is 0 Å². The quantitative estimate of drug-likeness (QED) is 0.574. The van der Waals surface area contributed by atoms with Gasteiger partial charge in [-0.2, -0.15) is 0 Å². The van der Waals surface area contributed by atoms with E-state index in [9.17, 15) is 5.11 Å². The van der Waals surface area contributed by atoms with Gasteiger partial charge in [0.05, 0.1) is 5.60 Å². The van der Waals surface area contributed by atoms with Crippen molar-refractivity contribution < 1.29 is 5.11 Å². The van der Waals surface area contributed by atoms with Crippen molar-refractivity contribution in [3.63, 3.8) is 0 Å². The average molecular weight is 388 g/mol. The minimum atomic E-state index is -0.522. The van der Waals surface area contributed by atoms with Gasteiger partial charge in [0, 0.05) is 6.04 Å². The zero-order valence-electron chi connectivity index (χ0n) is 19.1. The molecular formula is C26H45NO. The zero-order chi connectivity index (χ0) is 20.3. The smallest absolute Gasteiger partial charge is 0.0591 e. The molecule has 0 amide bonds. The minimum absolute atomic E-state index is 0.400. The molecule has 0 heterocycles. The van der Waals surface area contributed by atoms with Crippen LogP contribution in [-0.4, -0.2) is 16.7 Å². The Morgan fingerprint density at radius 1 is 1.14 bits per heavy atom. The van der Waals surface area contributed by atoms with E-state index in [2.05, 4.69) is 26.8 Å². The summed E-state index contributed by atoms with van der Waals surface area (Å²) in [5.74, 6) is 4.28. The second-order valence-corrected chi connectivity index (χ2v) is 12.3. The lowest BCUT2D eigenvalue weighted by atomic mass is 9.47. The van der Waals surface area contributed by atoms with Crippen LogP contribution >= 0.6 is 0 Å². The molecule has 3 saturated carbocycles. The van der Waals surface area contributed by atoms with Crippen LogP contribution in [0, 0.1) is 40.4 Å². The second-order valence-electron chi connectivity index (χ2n) is 12.3. The maximum absolute atomic E-state index is 10.2. The third kappa shape index (κ3) is 3.41. The minimum Gasteiger partial charge on any atom is -0.390 e. The standard InChI is InChI=1S/C26H45NO/c1-17(10-13-24(2,3)28)21-8-9-22-20-7-6-18-16-19(27)11-14-25(18,4)23(20)12-15-26(21,22)5/h6,17,19-23,28H,7-16,27H2,1-5H3. The summed E-state index contributed by atoms with van der Waals surface area (Å²) in [5, 5.41) is 10.2. The number of aliphatic hydroxyl groups is 1. The molecule has 0 spiro atoms. The topological polar surface area (TPSA) is 46.2 Å². The Bertz CT molecular complexity index is 618. The highest BCUT2D eigenvalue weighted by atomic mass is 16.3. The SMILES string of the molecule is CC(CCC(C)(C)O)C1CCC2C3CC=C4CC(N)CCC4(C)C3CCC12C. The van der Waals surface area contributed by atoms with Crippen LogP contribution < -0.4 is 5.73 Å². The molecule has 2 nitrogen and oxygen atoms in total. The van der Waals surface area contributed by atoms with Crippen LogP contribution in [0.5, 0.6) is 0 Å². The lowest BCUT2D eigenvalue weighted by Gasteiger charge is -2.58. The number of rotatable bonds is 4. The van der Waals surface area contributed by atoms with Gasteiger partial charge in [0.25, 0.3) is 0 Å². The molecule has 0 radical (unpaired) electrons. The Hall–Kier alpha value is -0.340. The third-order valence-corrected chi connectivity index (χ3v) is 10.1. The molecular weight excluding hydrogens is 342 g/mol. The summed E-state index contributed by atoms with van der Waals surface area (Å²) < 4.78 is 0. The van der Waals surface area contributed by atoms with Crippen LogP contribution in [0.2, 0.25) is 0 Å². The molecule has 4 aliphatic rings. The average Bonchev–Trinajstić information content (AvgIpc) is 2.97. The molecule has 8 unspecified atom stereocenters. The van der Waals surface area contributed by atoms with Gasteiger partial charge in [-0.15, -0.1) is 0 Å². The number of fused-ring (bicyclic) bond motifs is 5. The Morgan fingerprint density at radius 3 is 2.61 bits per heavy atom. The predicted molar refractivity (Wildman–Crippen MR) is 118 cm³/mol. The van der Waals surface area contributed by atoms with Crippen LogP contribution in [-0.2, 0) is 0 Å². The Kier molecular flexibility index (Phi) is 5.32. The van der Waals surface area contributed by atoms with Crippen molar-refractivity contribution >= 4 is 0 Å². The van der Waals surface area contributed by atoms with E-state index < -0.39 is 5.60 Å². The van der Waals surface area contributed by atoms with Gasteiger partial charge in [-0.25, -0.2) is 0 Å². The van der Waals surface area contributed by atoms with Crippen LogP contribution in [0.3, 0.4) is 0 Å². The van der Waals surface area contributed by atoms with Crippen LogP contribution in [0.25, 0.3) is 0 Å². The zero-order valence-corrected chi connectivity index (χ0v) is 19.1. The van der Waals surface area contributed by atoms with E-state index in [1.165, 1.54) is 51.4 Å². The third-order valence-electron chi connectivity index (χ3n) is 10.1. The number of hydrogen-bond donors (Lipinski definition) is 2. The summed E-state index contributed by atoms with van der Waals surface area (Å²) in [6.45, 7) is 11.6.